The third kappa shape index (κ3) is 3.76. The van der Waals surface area contributed by atoms with Crippen LogP contribution in [0.4, 0.5) is 5.95 Å². The number of aromatic nitrogens is 2. The van der Waals surface area contributed by atoms with Crippen LogP contribution in [0, 0.1) is 5.92 Å². The molecule has 5 rings (SSSR count). The Morgan fingerprint density at radius 2 is 2.00 bits per heavy atom. The topological polar surface area (TPSA) is 106 Å². The zero-order valence-corrected chi connectivity index (χ0v) is 18.0. The van der Waals surface area contributed by atoms with E-state index in [2.05, 4.69) is 27.4 Å². The first-order valence-corrected chi connectivity index (χ1v) is 11.0. The summed E-state index contributed by atoms with van der Waals surface area (Å²) in [5.41, 5.74) is 0.945. The molecule has 5 atom stereocenters. The van der Waals surface area contributed by atoms with Crippen molar-refractivity contribution >= 4 is 17.5 Å². The number of methoxy groups -OCH3 is 1. The summed E-state index contributed by atoms with van der Waals surface area (Å²) in [4.78, 5) is 8.27. The summed E-state index contributed by atoms with van der Waals surface area (Å²) in [6.07, 6.45) is 1.82. The van der Waals surface area contributed by atoms with Gasteiger partial charge in [0, 0.05) is 6.07 Å². The van der Waals surface area contributed by atoms with Crippen molar-refractivity contribution in [2.45, 2.75) is 55.8 Å². The van der Waals surface area contributed by atoms with E-state index in [9.17, 15) is 10.2 Å². The van der Waals surface area contributed by atoms with E-state index in [0.717, 1.165) is 17.9 Å². The summed E-state index contributed by atoms with van der Waals surface area (Å²) in [7, 11) is 1.47. The maximum Gasteiger partial charge on any atom is 0.227 e. The standard InChI is InChI=1S/C22H26ClN3O5/c1-29-16-10-15(23)24-21(25-16)26-17-18(27)19(28)22(11-30-20(17)31-22)14-7-5-13(6-8-14)9-12-3-2-4-12/h5-8,10,12,17-20,27-28H,2-4,9,11H2,1H3,(H,24,25,26)/t17-,18-,19-,20+,22-/m1/s1. The molecule has 31 heavy (non-hydrogen) atoms. The molecule has 2 bridgehead atoms. The van der Waals surface area contributed by atoms with E-state index in [1.165, 1.54) is 38.0 Å². The predicted molar refractivity (Wildman–Crippen MR) is 113 cm³/mol. The first-order valence-electron chi connectivity index (χ1n) is 10.6. The van der Waals surface area contributed by atoms with Crippen LogP contribution in [0.2, 0.25) is 5.15 Å². The van der Waals surface area contributed by atoms with Crippen molar-refractivity contribution in [2.24, 2.45) is 5.92 Å². The number of fused-ring (bicyclic) bond motifs is 2. The Hall–Kier alpha value is -1.97. The van der Waals surface area contributed by atoms with Gasteiger partial charge >= 0.3 is 0 Å². The molecule has 9 heteroatoms. The fraction of sp³-hybridized carbons (Fsp3) is 0.545. The molecule has 1 aromatic carbocycles. The van der Waals surface area contributed by atoms with E-state index < -0.39 is 30.1 Å². The monoisotopic (exact) mass is 447 g/mol. The van der Waals surface area contributed by atoms with Crippen molar-refractivity contribution in [2.75, 3.05) is 19.0 Å². The minimum Gasteiger partial charge on any atom is -0.481 e. The lowest BCUT2D eigenvalue weighted by atomic mass is 9.79. The summed E-state index contributed by atoms with van der Waals surface area (Å²) in [5, 5.41) is 25.1. The average molecular weight is 448 g/mol. The van der Waals surface area contributed by atoms with E-state index in [-0.39, 0.29) is 23.6 Å². The Kier molecular flexibility index (Phi) is 5.52. The number of hydrogen-bond acceptors (Lipinski definition) is 8. The zero-order valence-electron chi connectivity index (χ0n) is 17.2. The van der Waals surface area contributed by atoms with E-state index in [1.54, 1.807) is 0 Å². The lowest BCUT2D eigenvalue weighted by molar-refractivity contribution is -0.219. The molecular weight excluding hydrogens is 422 g/mol. The molecule has 2 saturated heterocycles. The fourth-order valence-corrected chi connectivity index (χ4v) is 4.76. The van der Waals surface area contributed by atoms with E-state index >= 15 is 0 Å². The van der Waals surface area contributed by atoms with E-state index in [1.807, 2.05) is 12.1 Å². The molecule has 2 aromatic rings. The molecule has 3 fully saturated rings. The Bertz CT molecular complexity index is 941. The average Bonchev–Trinajstić information content (AvgIpc) is 3.16. The number of rotatable bonds is 6. The number of aliphatic hydroxyl groups is 2. The highest BCUT2D eigenvalue weighted by Gasteiger charge is 2.60. The van der Waals surface area contributed by atoms with E-state index in [0.29, 0.717) is 0 Å². The Balaban J connectivity index is 1.34. The molecule has 1 aliphatic carbocycles. The largest absolute Gasteiger partial charge is 0.481 e. The zero-order chi connectivity index (χ0) is 21.6. The summed E-state index contributed by atoms with van der Waals surface area (Å²) < 4.78 is 17.1. The van der Waals surface area contributed by atoms with Crippen LogP contribution in [0.5, 0.6) is 5.88 Å². The molecule has 0 radical (unpaired) electrons. The van der Waals surface area contributed by atoms with Gasteiger partial charge in [-0.15, -0.1) is 0 Å². The number of halogens is 1. The Morgan fingerprint density at radius 1 is 1.23 bits per heavy atom. The Labute approximate surface area is 185 Å². The van der Waals surface area contributed by atoms with E-state index in [4.69, 9.17) is 25.8 Å². The van der Waals surface area contributed by atoms with Crippen molar-refractivity contribution in [1.82, 2.24) is 9.97 Å². The third-order valence-corrected chi connectivity index (χ3v) is 6.81. The molecule has 3 aliphatic rings. The van der Waals surface area contributed by atoms with Crippen molar-refractivity contribution in [3.05, 3.63) is 46.6 Å². The molecule has 1 aromatic heterocycles. The normalized spacial score (nSPS) is 32.5. The van der Waals surface area contributed by atoms with Crippen LogP contribution in [0.1, 0.15) is 30.4 Å². The summed E-state index contributed by atoms with van der Waals surface area (Å²) in [5.74, 6) is 1.20. The maximum absolute atomic E-state index is 11.0. The lowest BCUT2D eigenvalue weighted by Gasteiger charge is -2.43. The number of nitrogens with one attached hydrogen (secondary N) is 1. The maximum atomic E-state index is 11.0. The summed E-state index contributed by atoms with van der Waals surface area (Å²) >= 11 is 6.00. The minimum atomic E-state index is -1.21. The van der Waals surface area contributed by atoms with Crippen molar-refractivity contribution in [3.63, 3.8) is 0 Å². The number of benzene rings is 1. The van der Waals surface area contributed by atoms with Gasteiger partial charge in [-0.3, -0.25) is 0 Å². The summed E-state index contributed by atoms with van der Waals surface area (Å²) in [6, 6.07) is 8.78. The van der Waals surface area contributed by atoms with Gasteiger partial charge in [-0.05, 0) is 23.5 Å². The molecule has 0 amide bonds. The van der Waals surface area contributed by atoms with Crippen LogP contribution in [0.25, 0.3) is 0 Å². The van der Waals surface area contributed by atoms with Crippen LogP contribution in [0.3, 0.4) is 0 Å². The molecule has 1 saturated carbocycles. The highest BCUT2D eigenvalue weighted by Crippen LogP contribution is 2.45. The smallest absolute Gasteiger partial charge is 0.227 e. The number of hydrogen-bond donors (Lipinski definition) is 3. The van der Waals surface area contributed by atoms with Crippen LogP contribution >= 0.6 is 11.6 Å². The van der Waals surface area contributed by atoms with Crippen molar-refractivity contribution < 1.29 is 24.4 Å². The molecule has 0 unspecified atom stereocenters. The van der Waals surface area contributed by atoms with Crippen molar-refractivity contribution in [1.29, 1.82) is 0 Å². The first-order chi connectivity index (χ1) is 15.0. The second-order valence-electron chi connectivity index (χ2n) is 8.55. The number of nitrogens with zero attached hydrogens (tertiary/aromatic N) is 2. The second kappa shape index (κ2) is 8.18. The van der Waals surface area contributed by atoms with Gasteiger partial charge in [0.05, 0.1) is 13.7 Å². The Morgan fingerprint density at radius 3 is 2.68 bits per heavy atom. The summed E-state index contributed by atoms with van der Waals surface area (Å²) in [6.45, 7) is 0.135. The van der Waals surface area contributed by atoms with Gasteiger partial charge in [-0.1, -0.05) is 55.1 Å². The first kappa shape index (κ1) is 20.9. The highest BCUT2D eigenvalue weighted by molar-refractivity contribution is 6.29. The van der Waals surface area contributed by atoms with Gasteiger partial charge in [0.25, 0.3) is 0 Å². The van der Waals surface area contributed by atoms with Crippen LogP contribution in [-0.2, 0) is 21.5 Å². The predicted octanol–water partition coefficient (Wildman–Crippen LogP) is 2.27. The molecule has 0 spiro atoms. The molecule has 8 nitrogen and oxygen atoms in total. The minimum absolute atomic E-state index is 0.135. The lowest BCUT2D eigenvalue weighted by Crippen LogP contribution is -2.61. The molecular formula is C22H26ClN3O5. The van der Waals surface area contributed by atoms with Gasteiger partial charge in [-0.25, -0.2) is 4.98 Å². The number of ether oxygens (including phenoxy) is 3. The quantitative estimate of drug-likeness (QED) is 0.579. The molecule has 2 aliphatic heterocycles. The van der Waals surface area contributed by atoms with Crippen LogP contribution in [-0.4, -0.2) is 58.4 Å². The van der Waals surface area contributed by atoms with Gasteiger partial charge in [0.2, 0.25) is 11.8 Å². The van der Waals surface area contributed by atoms with Crippen LogP contribution < -0.4 is 10.1 Å². The second-order valence-corrected chi connectivity index (χ2v) is 8.93. The molecule has 3 N–H and O–H groups in total. The molecule has 3 heterocycles. The van der Waals surface area contributed by atoms with Crippen LogP contribution in [0.15, 0.2) is 30.3 Å². The molecule has 166 valence electrons. The SMILES string of the molecule is COc1cc(Cl)nc(N[C@H]2[C@H]3OC[C@](c4ccc(CC5CCC5)cc4)(O3)[C@H](O)[C@@H]2O)n1. The number of anilines is 1. The fourth-order valence-electron chi connectivity index (χ4n) is 4.59. The highest BCUT2D eigenvalue weighted by atomic mass is 35.5. The van der Waals surface area contributed by atoms with Crippen molar-refractivity contribution in [3.8, 4) is 5.88 Å². The van der Waals surface area contributed by atoms with Gasteiger partial charge in [-0.2, -0.15) is 4.98 Å². The van der Waals surface area contributed by atoms with Gasteiger partial charge in [0.15, 0.2) is 6.29 Å². The number of aliphatic hydroxyl groups excluding tert-OH is 2. The third-order valence-electron chi connectivity index (χ3n) is 6.62. The van der Waals surface area contributed by atoms with Gasteiger partial charge < -0.3 is 29.7 Å². The van der Waals surface area contributed by atoms with Gasteiger partial charge in [0.1, 0.15) is 29.0 Å².